The summed E-state index contributed by atoms with van der Waals surface area (Å²) in [6.07, 6.45) is 9.19. The second kappa shape index (κ2) is 5.54. The van der Waals surface area contributed by atoms with Crippen LogP contribution in [0.2, 0.25) is 0 Å². The summed E-state index contributed by atoms with van der Waals surface area (Å²) in [5.41, 5.74) is 2.75. The van der Waals surface area contributed by atoms with Crippen molar-refractivity contribution in [1.82, 2.24) is 5.32 Å². The Morgan fingerprint density at radius 2 is 1.95 bits per heavy atom. The number of hydrogen-bond acceptors (Lipinski definition) is 2. The van der Waals surface area contributed by atoms with Crippen LogP contribution in [0.3, 0.4) is 0 Å². The van der Waals surface area contributed by atoms with Gasteiger partial charge in [-0.3, -0.25) is 0 Å². The van der Waals surface area contributed by atoms with Gasteiger partial charge in [0.25, 0.3) is 0 Å². The molecule has 0 heterocycles. The van der Waals surface area contributed by atoms with E-state index in [-0.39, 0.29) is 0 Å². The van der Waals surface area contributed by atoms with Gasteiger partial charge in [-0.25, -0.2) is 0 Å². The highest BCUT2D eigenvalue weighted by atomic mass is 16.3. The van der Waals surface area contributed by atoms with Gasteiger partial charge in [0.05, 0.1) is 0 Å². The Balaban J connectivity index is 1.73. The minimum atomic E-state index is 0.404. The molecule has 19 heavy (non-hydrogen) atoms. The number of benzene rings is 1. The van der Waals surface area contributed by atoms with Crippen molar-refractivity contribution >= 4 is 0 Å². The first kappa shape index (κ1) is 13.0. The molecule has 2 N–H and O–H groups in total. The normalized spacial score (nSPS) is 25.2. The minimum absolute atomic E-state index is 0.404. The SMILES string of the molecule is CC(NC1CCCc2ccc(O)cc21)C1CCCC1. The van der Waals surface area contributed by atoms with Crippen LogP contribution in [0.25, 0.3) is 0 Å². The zero-order chi connectivity index (χ0) is 13.2. The van der Waals surface area contributed by atoms with Crippen molar-refractivity contribution in [2.75, 3.05) is 0 Å². The number of fused-ring (bicyclic) bond motifs is 1. The molecular formula is C17H25NO. The predicted molar refractivity (Wildman–Crippen MR) is 78.3 cm³/mol. The first-order valence-corrected chi connectivity index (χ1v) is 7.82. The molecule has 1 aromatic rings. The fraction of sp³-hybridized carbons (Fsp3) is 0.647. The first-order valence-electron chi connectivity index (χ1n) is 7.82. The topological polar surface area (TPSA) is 32.3 Å². The van der Waals surface area contributed by atoms with Gasteiger partial charge in [-0.05, 0) is 68.2 Å². The molecule has 0 amide bonds. The van der Waals surface area contributed by atoms with Crippen LogP contribution in [0.1, 0.15) is 62.6 Å². The Bertz CT molecular complexity index is 437. The zero-order valence-electron chi connectivity index (χ0n) is 11.9. The third-order valence-corrected chi connectivity index (χ3v) is 5.01. The molecule has 0 radical (unpaired) electrons. The van der Waals surface area contributed by atoms with Gasteiger partial charge in [-0.15, -0.1) is 0 Å². The molecule has 3 rings (SSSR count). The summed E-state index contributed by atoms with van der Waals surface area (Å²) in [5.74, 6) is 1.25. The first-order chi connectivity index (χ1) is 9.24. The fourth-order valence-electron chi connectivity index (χ4n) is 3.87. The summed E-state index contributed by atoms with van der Waals surface area (Å²) in [4.78, 5) is 0. The van der Waals surface area contributed by atoms with Crippen molar-refractivity contribution < 1.29 is 5.11 Å². The molecule has 2 atom stereocenters. The summed E-state index contributed by atoms with van der Waals surface area (Å²) in [6, 6.07) is 6.92. The van der Waals surface area contributed by atoms with Gasteiger partial charge in [0.1, 0.15) is 5.75 Å². The van der Waals surface area contributed by atoms with Crippen LogP contribution >= 0.6 is 0 Å². The van der Waals surface area contributed by atoms with Crippen LogP contribution in [0, 0.1) is 5.92 Å². The summed E-state index contributed by atoms with van der Waals surface area (Å²) in [6.45, 7) is 2.34. The molecule has 0 bridgehead atoms. The van der Waals surface area contributed by atoms with E-state index >= 15 is 0 Å². The molecule has 0 spiro atoms. The molecule has 2 aliphatic carbocycles. The van der Waals surface area contributed by atoms with E-state index in [1.807, 2.05) is 12.1 Å². The number of aryl methyl sites for hydroxylation is 1. The summed E-state index contributed by atoms with van der Waals surface area (Å²) in [7, 11) is 0. The van der Waals surface area contributed by atoms with Crippen LogP contribution in [0.5, 0.6) is 5.75 Å². The van der Waals surface area contributed by atoms with E-state index in [0.29, 0.717) is 17.8 Å². The maximum Gasteiger partial charge on any atom is 0.115 e. The summed E-state index contributed by atoms with van der Waals surface area (Å²) in [5, 5.41) is 13.6. The summed E-state index contributed by atoms with van der Waals surface area (Å²) >= 11 is 0. The van der Waals surface area contributed by atoms with E-state index in [4.69, 9.17) is 0 Å². The van der Waals surface area contributed by atoms with Crippen LogP contribution in [0.15, 0.2) is 18.2 Å². The number of rotatable bonds is 3. The van der Waals surface area contributed by atoms with E-state index in [1.165, 1.54) is 49.7 Å². The quantitative estimate of drug-likeness (QED) is 0.861. The van der Waals surface area contributed by atoms with E-state index in [2.05, 4.69) is 18.3 Å². The monoisotopic (exact) mass is 259 g/mol. The lowest BCUT2D eigenvalue weighted by atomic mass is 9.86. The molecule has 2 unspecified atom stereocenters. The van der Waals surface area contributed by atoms with Crippen molar-refractivity contribution in [1.29, 1.82) is 0 Å². The van der Waals surface area contributed by atoms with Crippen molar-refractivity contribution in [2.24, 2.45) is 5.92 Å². The van der Waals surface area contributed by atoms with E-state index in [0.717, 1.165) is 12.3 Å². The number of phenolic OH excluding ortho intramolecular Hbond substituents is 1. The Labute approximate surface area is 116 Å². The van der Waals surface area contributed by atoms with E-state index in [9.17, 15) is 5.11 Å². The third kappa shape index (κ3) is 2.79. The average molecular weight is 259 g/mol. The molecule has 0 aliphatic heterocycles. The molecule has 2 nitrogen and oxygen atoms in total. The van der Waals surface area contributed by atoms with Crippen molar-refractivity contribution in [3.8, 4) is 5.75 Å². The molecular weight excluding hydrogens is 234 g/mol. The molecule has 0 saturated heterocycles. The average Bonchev–Trinajstić information content (AvgIpc) is 2.93. The lowest BCUT2D eigenvalue weighted by Crippen LogP contribution is -2.36. The van der Waals surface area contributed by atoms with Crippen LogP contribution in [-0.4, -0.2) is 11.1 Å². The van der Waals surface area contributed by atoms with Gasteiger partial charge in [0.15, 0.2) is 0 Å². The van der Waals surface area contributed by atoms with Gasteiger partial charge in [-0.2, -0.15) is 0 Å². The van der Waals surface area contributed by atoms with Crippen molar-refractivity contribution in [3.63, 3.8) is 0 Å². The molecule has 1 saturated carbocycles. The van der Waals surface area contributed by atoms with Crippen molar-refractivity contribution in [3.05, 3.63) is 29.3 Å². The maximum atomic E-state index is 9.72. The number of aromatic hydroxyl groups is 1. The summed E-state index contributed by atoms with van der Waals surface area (Å²) < 4.78 is 0. The second-order valence-electron chi connectivity index (χ2n) is 6.33. The molecule has 1 fully saturated rings. The second-order valence-corrected chi connectivity index (χ2v) is 6.33. The number of nitrogens with one attached hydrogen (secondary N) is 1. The minimum Gasteiger partial charge on any atom is -0.508 e. The van der Waals surface area contributed by atoms with Gasteiger partial charge in [0, 0.05) is 12.1 Å². The van der Waals surface area contributed by atoms with Gasteiger partial charge >= 0.3 is 0 Å². The molecule has 104 valence electrons. The highest BCUT2D eigenvalue weighted by Gasteiger charge is 2.26. The lowest BCUT2D eigenvalue weighted by molar-refractivity contribution is 0.324. The van der Waals surface area contributed by atoms with Gasteiger partial charge < -0.3 is 10.4 Å². The van der Waals surface area contributed by atoms with Gasteiger partial charge in [-0.1, -0.05) is 18.9 Å². The Morgan fingerprint density at radius 3 is 2.74 bits per heavy atom. The smallest absolute Gasteiger partial charge is 0.115 e. The highest BCUT2D eigenvalue weighted by Crippen LogP contribution is 2.34. The number of hydrogen-bond donors (Lipinski definition) is 2. The molecule has 2 heteroatoms. The van der Waals surface area contributed by atoms with Crippen LogP contribution < -0.4 is 5.32 Å². The Kier molecular flexibility index (Phi) is 3.79. The van der Waals surface area contributed by atoms with Crippen LogP contribution in [0.4, 0.5) is 0 Å². The highest BCUT2D eigenvalue weighted by molar-refractivity contribution is 5.38. The maximum absolute atomic E-state index is 9.72. The van der Waals surface area contributed by atoms with E-state index < -0.39 is 0 Å². The standard InChI is InChI=1S/C17H25NO/c1-12(13-5-2-3-6-13)18-17-8-4-7-14-9-10-15(19)11-16(14)17/h9-13,17-19H,2-8H2,1H3. The van der Waals surface area contributed by atoms with E-state index in [1.54, 1.807) is 0 Å². The molecule has 0 aromatic heterocycles. The van der Waals surface area contributed by atoms with Gasteiger partial charge in [0.2, 0.25) is 0 Å². The number of phenols is 1. The Hall–Kier alpha value is -1.02. The largest absolute Gasteiger partial charge is 0.508 e. The predicted octanol–water partition coefficient (Wildman–Crippen LogP) is 3.94. The van der Waals surface area contributed by atoms with Crippen LogP contribution in [-0.2, 0) is 6.42 Å². The lowest BCUT2D eigenvalue weighted by Gasteiger charge is -2.31. The third-order valence-electron chi connectivity index (χ3n) is 5.01. The fourth-order valence-corrected chi connectivity index (χ4v) is 3.87. The molecule has 1 aromatic carbocycles. The Morgan fingerprint density at radius 1 is 1.16 bits per heavy atom. The van der Waals surface area contributed by atoms with Crippen molar-refractivity contribution in [2.45, 2.75) is 64.0 Å². The zero-order valence-corrected chi connectivity index (χ0v) is 11.9. The molecule has 2 aliphatic rings.